The first-order chi connectivity index (χ1) is 34.7. The summed E-state index contributed by atoms with van der Waals surface area (Å²) in [6.07, 6.45) is 3.51. The van der Waals surface area contributed by atoms with Crippen molar-refractivity contribution in [2.24, 2.45) is 0 Å². The molecule has 4 aromatic heterocycles. The van der Waals surface area contributed by atoms with Crippen molar-refractivity contribution in [3.05, 3.63) is 130 Å². The Morgan fingerprint density at radius 3 is 1.59 bits per heavy atom. The van der Waals surface area contributed by atoms with E-state index in [9.17, 15) is 10.1 Å². The summed E-state index contributed by atoms with van der Waals surface area (Å²) in [5.41, 5.74) is 20.7. The molecule has 8 aromatic rings. The van der Waals surface area contributed by atoms with E-state index >= 15 is 0 Å². The number of hydrogen-bond donors (Lipinski definition) is 3. The van der Waals surface area contributed by atoms with Gasteiger partial charge < -0.3 is 54.6 Å². The fraction of sp³-hybridized carbons (Fsp3) is 0.333. The molecule has 0 saturated carbocycles. The van der Waals surface area contributed by atoms with Crippen molar-refractivity contribution in [2.45, 2.75) is 40.2 Å². The van der Waals surface area contributed by atoms with Crippen LogP contribution in [0.5, 0.6) is 0 Å². The molecule has 19 heteroatoms. The Hall–Kier alpha value is -7.71. The van der Waals surface area contributed by atoms with Crippen molar-refractivity contribution in [3.8, 4) is 22.5 Å². The number of aryl methyl sites for hydroxylation is 2. The number of anilines is 7. The molecule has 0 aliphatic carbocycles. The monoisotopic (exact) mass is 996 g/mol. The van der Waals surface area contributed by atoms with Crippen LogP contribution in [0.1, 0.15) is 23.9 Å². The van der Waals surface area contributed by atoms with Gasteiger partial charge >= 0.3 is 0 Å². The molecule has 0 spiro atoms. The number of hydrogen-bond acceptors (Lipinski definition) is 15. The fourth-order valence-corrected chi connectivity index (χ4v) is 9.49. The molecule has 0 bridgehead atoms. The number of benzene rings is 4. The van der Waals surface area contributed by atoms with Gasteiger partial charge in [-0.2, -0.15) is 0 Å². The lowest BCUT2D eigenvalue weighted by Crippen LogP contribution is -2.29. The van der Waals surface area contributed by atoms with Gasteiger partial charge in [-0.05, 0) is 95.6 Å². The van der Waals surface area contributed by atoms with Gasteiger partial charge in [-0.25, -0.2) is 19.9 Å². The number of nitrogens with one attached hydrogen (secondary N) is 2. The van der Waals surface area contributed by atoms with Crippen LogP contribution in [-0.4, -0.2) is 125 Å². The second kappa shape index (κ2) is 22.4. The summed E-state index contributed by atoms with van der Waals surface area (Å²) in [7, 11) is 12.0. The van der Waals surface area contributed by atoms with Crippen LogP contribution in [0, 0.1) is 24.0 Å². The largest absolute Gasteiger partial charge is 0.397 e. The third kappa shape index (κ3) is 11.0. The first-order valence-electron chi connectivity index (χ1n) is 24.2. The maximum Gasteiger partial charge on any atom is 0.294 e. The number of nitrogens with zero attached hydrogens (tertiary/aromatic N) is 11. The molecular weight excluding hydrogens is 928 g/mol. The molecule has 4 N–H and O–H groups in total. The molecule has 384 valence electrons. The minimum Gasteiger partial charge on any atom is -0.397 e. The summed E-state index contributed by atoms with van der Waals surface area (Å²) in [4.78, 5) is 38.5. The van der Waals surface area contributed by atoms with E-state index < -0.39 is 0 Å². The van der Waals surface area contributed by atoms with Gasteiger partial charge in [0.1, 0.15) is 5.69 Å². The van der Waals surface area contributed by atoms with E-state index in [1.807, 2.05) is 74.3 Å². The first kappa shape index (κ1) is 51.6. The van der Waals surface area contributed by atoms with E-state index in [1.165, 1.54) is 10.9 Å². The lowest BCUT2D eigenvalue weighted by Gasteiger charge is -2.24. The smallest absolute Gasteiger partial charge is 0.294 e. The zero-order valence-corrected chi connectivity index (χ0v) is 42.8. The van der Waals surface area contributed by atoms with Crippen LogP contribution in [-0.2, 0) is 35.8 Å². The highest BCUT2D eigenvalue weighted by Crippen LogP contribution is 2.39. The van der Waals surface area contributed by atoms with E-state index in [0.717, 1.165) is 112 Å². The van der Waals surface area contributed by atoms with E-state index in [1.54, 1.807) is 18.5 Å². The molecule has 2 aliphatic rings. The number of nitro groups is 1. The van der Waals surface area contributed by atoms with Crippen molar-refractivity contribution in [3.63, 3.8) is 0 Å². The minimum atomic E-state index is -0.344. The summed E-state index contributed by atoms with van der Waals surface area (Å²) in [5.74, 6) is 0.920. The molecule has 73 heavy (non-hydrogen) atoms. The average molecular weight is 996 g/mol. The van der Waals surface area contributed by atoms with Crippen molar-refractivity contribution < 1.29 is 20.5 Å². The Morgan fingerprint density at radius 1 is 0.658 bits per heavy atom. The maximum absolute atomic E-state index is 11.9. The minimum absolute atomic E-state index is 0. The lowest BCUT2D eigenvalue weighted by molar-refractivity contribution is -0.384. The Kier molecular flexibility index (Phi) is 15.8. The molecule has 0 atom stereocenters. The van der Waals surface area contributed by atoms with Crippen LogP contribution in [0.3, 0.4) is 0 Å². The van der Waals surface area contributed by atoms with Crippen LogP contribution < -0.4 is 26.2 Å². The van der Waals surface area contributed by atoms with Gasteiger partial charge in [0, 0.05) is 112 Å². The Bertz CT molecular complexity index is 3270. The molecule has 4 aromatic carbocycles. The molecule has 0 fully saturated rings. The number of para-hydroxylation sites is 2. The fourth-order valence-electron chi connectivity index (χ4n) is 9.49. The first-order valence-corrected chi connectivity index (χ1v) is 24.2. The highest BCUT2D eigenvalue weighted by Gasteiger charge is 2.25. The number of nitro benzene ring substituents is 1. The predicted octanol–water partition coefficient (Wildman–Crippen LogP) is 9.25. The molecular formula is C54H67FN14O4. The van der Waals surface area contributed by atoms with Gasteiger partial charge in [0.05, 0.1) is 71.2 Å². The van der Waals surface area contributed by atoms with E-state index in [2.05, 4.69) is 110 Å². The van der Waals surface area contributed by atoms with E-state index in [0.29, 0.717) is 49.6 Å². The van der Waals surface area contributed by atoms with Crippen molar-refractivity contribution in [1.29, 1.82) is 0 Å². The SMILES string of the molecule is Cc1cc(N(C)CCN(C)C)c(N)cc1Nc1nccc(-c2c3n(c4ccccc24)CCOC3)n1.Cc1cc(N(C)CCN(C)C)c([N+](=O)[O-])cc1Nc1nccc(-c2c3n(c4ccccc24)CCOC3)n1.F.[2HH]. The quantitative estimate of drug-likeness (QED) is 0.0501. The number of fused-ring (bicyclic) bond motifs is 6. The van der Waals surface area contributed by atoms with Gasteiger partial charge in [0.2, 0.25) is 11.9 Å². The highest BCUT2D eigenvalue weighted by molar-refractivity contribution is 5.98. The Morgan fingerprint density at radius 2 is 1.11 bits per heavy atom. The van der Waals surface area contributed by atoms with Gasteiger partial charge in [0.25, 0.3) is 5.69 Å². The molecule has 0 saturated heterocycles. The topological polar surface area (TPSA) is 186 Å². The maximum atomic E-state index is 11.9. The van der Waals surface area contributed by atoms with Gasteiger partial charge in [-0.1, -0.05) is 36.4 Å². The van der Waals surface area contributed by atoms with Crippen molar-refractivity contribution in [1.82, 2.24) is 38.9 Å². The lowest BCUT2D eigenvalue weighted by atomic mass is 10.1. The third-order valence-corrected chi connectivity index (χ3v) is 13.3. The second-order valence-electron chi connectivity index (χ2n) is 19.0. The zero-order chi connectivity index (χ0) is 50.6. The normalized spacial score (nSPS) is 13.0. The van der Waals surface area contributed by atoms with Crippen LogP contribution in [0.15, 0.2) is 97.3 Å². The molecule has 18 nitrogen and oxygen atoms in total. The highest BCUT2D eigenvalue weighted by atomic mass is 19.0. The van der Waals surface area contributed by atoms with Gasteiger partial charge in [0.15, 0.2) is 0 Å². The molecule has 0 radical (unpaired) electrons. The number of likely N-dealkylation sites (N-methyl/N-ethyl adjacent to an activating group) is 4. The number of nitrogen functional groups attached to an aromatic ring is 1. The van der Waals surface area contributed by atoms with Crippen LogP contribution >= 0.6 is 0 Å². The number of ether oxygens (including phenoxy) is 2. The number of aromatic nitrogens is 6. The second-order valence-corrected chi connectivity index (χ2v) is 19.0. The van der Waals surface area contributed by atoms with E-state index in [4.69, 9.17) is 25.2 Å². The van der Waals surface area contributed by atoms with E-state index in [-0.39, 0.29) is 16.7 Å². The van der Waals surface area contributed by atoms with Crippen molar-refractivity contribution in [2.75, 3.05) is 108 Å². The third-order valence-electron chi connectivity index (χ3n) is 13.3. The molecule has 2 aliphatic heterocycles. The number of nitrogens with two attached hydrogens (primary N) is 1. The Labute approximate surface area is 426 Å². The van der Waals surface area contributed by atoms with Gasteiger partial charge in [-0.3, -0.25) is 14.8 Å². The summed E-state index contributed by atoms with van der Waals surface area (Å²) in [6.45, 7) is 11.5. The number of rotatable bonds is 15. The molecule has 0 unspecified atom stereocenters. The summed E-state index contributed by atoms with van der Waals surface area (Å²) < 4.78 is 16.2. The predicted molar refractivity (Wildman–Crippen MR) is 293 cm³/mol. The van der Waals surface area contributed by atoms with Crippen molar-refractivity contribution >= 4 is 67.8 Å². The van der Waals surface area contributed by atoms with Crippen LogP contribution in [0.4, 0.5) is 50.7 Å². The Balaban J connectivity index is 0.000000211. The zero-order valence-electron chi connectivity index (χ0n) is 42.8. The number of halogens is 1. The standard InChI is InChI=1S/C27H31N7O3.C27H33N7O.FH.H2/c1-18-15-23(32(4)12-11-31(2)3)24(34(35)36)16-21(18)30-27-28-10-9-20(29-27)26-19-7-5-6-8-22(19)33-13-14-37-17-25(26)33;1-18-15-24(33(4)12-11-32(2)3)20(28)16-22(18)31-27-29-10-9-21(30-27)26-19-7-5-6-8-23(19)34-13-14-35-17-25(26)34;;/h5-10,15-16H,11-14,17H2,1-4H3,(H,28,29,30);5-10,15-16H,11-14,17,28H2,1-4H3,(H,29,30,31);2*1H/i;;;1+1. The molecule has 0 amide bonds. The van der Waals surface area contributed by atoms with Crippen LogP contribution in [0.25, 0.3) is 44.3 Å². The van der Waals surface area contributed by atoms with Crippen LogP contribution in [0.2, 0.25) is 0 Å². The average Bonchev–Trinajstić information content (AvgIpc) is 3.90. The summed E-state index contributed by atoms with van der Waals surface area (Å²) in [5, 5.41) is 20.9. The molecule has 6 heterocycles. The van der Waals surface area contributed by atoms with Gasteiger partial charge in [-0.15, -0.1) is 0 Å². The molecule has 10 rings (SSSR count). The summed E-state index contributed by atoms with van der Waals surface area (Å²) >= 11 is 0. The summed E-state index contributed by atoms with van der Waals surface area (Å²) in [6, 6.07) is 28.1.